The van der Waals surface area contributed by atoms with Gasteiger partial charge >= 0.3 is 0 Å². The van der Waals surface area contributed by atoms with Crippen LogP contribution in [0.3, 0.4) is 0 Å². The second-order valence-electron chi connectivity index (χ2n) is 6.00. The van der Waals surface area contributed by atoms with Crippen molar-refractivity contribution >= 4 is 5.91 Å². The van der Waals surface area contributed by atoms with Gasteiger partial charge in [-0.15, -0.1) is 0 Å². The van der Waals surface area contributed by atoms with Crippen LogP contribution >= 0.6 is 0 Å². The lowest BCUT2D eigenvalue weighted by Gasteiger charge is -2.37. The Morgan fingerprint density at radius 1 is 1.50 bits per heavy atom. The first-order chi connectivity index (χ1) is 8.61. The molecule has 104 valence electrons. The summed E-state index contributed by atoms with van der Waals surface area (Å²) < 4.78 is 0. The van der Waals surface area contributed by atoms with Crippen LogP contribution in [0.1, 0.15) is 45.4 Å². The molecule has 3 unspecified atom stereocenters. The fourth-order valence-electron chi connectivity index (χ4n) is 3.67. The van der Waals surface area contributed by atoms with E-state index in [2.05, 4.69) is 17.1 Å². The lowest BCUT2D eigenvalue weighted by Crippen LogP contribution is -2.53. The highest BCUT2D eigenvalue weighted by molar-refractivity contribution is 5.85. The molecule has 1 amide bonds. The second kappa shape index (κ2) is 5.57. The molecule has 0 radical (unpaired) electrons. The Balaban J connectivity index is 1.97. The van der Waals surface area contributed by atoms with Crippen LogP contribution in [0.2, 0.25) is 0 Å². The zero-order valence-corrected chi connectivity index (χ0v) is 11.7. The Bertz CT molecular complexity index is 307. The minimum absolute atomic E-state index is 0.184. The van der Waals surface area contributed by atoms with E-state index in [1.807, 2.05) is 7.05 Å². The number of rotatable bonds is 4. The van der Waals surface area contributed by atoms with Crippen LogP contribution in [0.5, 0.6) is 0 Å². The number of hydrogen-bond donors (Lipinski definition) is 2. The van der Waals surface area contributed by atoms with E-state index in [-0.39, 0.29) is 5.91 Å². The molecule has 2 aliphatic rings. The number of likely N-dealkylation sites (tertiary alicyclic amines) is 1. The van der Waals surface area contributed by atoms with Crippen LogP contribution in [0.15, 0.2) is 0 Å². The van der Waals surface area contributed by atoms with Crippen molar-refractivity contribution in [2.45, 2.75) is 57.0 Å². The first-order valence-corrected chi connectivity index (χ1v) is 7.34. The summed E-state index contributed by atoms with van der Waals surface area (Å²) in [5.41, 5.74) is 5.11. The number of primary amides is 1. The Hall–Kier alpha value is -0.610. The van der Waals surface area contributed by atoms with Crippen molar-refractivity contribution in [3.05, 3.63) is 0 Å². The molecule has 1 heterocycles. The highest BCUT2D eigenvalue weighted by atomic mass is 16.1. The van der Waals surface area contributed by atoms with E-state index in [1.165, 1.54) is 32.4 Å². The lowest BCUT2D eigenvalue weighted by molar-refractivity contribution is -0.124. The predicted octanol–water partition coefficient (Wildman–Crippen LogP) is 1.10. The van der Waals surface area contributed by atoms with Gasteiger partial charge in [-0.3, -0.25) is 4.79 Å². The van der Waals surface area contributed by atoms with Crippen LogP contribution in [0.25, 0.3) is 0 Å². The summed E-state index contributed by atoms with van der Waals surface area (Å²) in [6.45, 7) is 4.68. The Morgan fingerprint density at radius 3 is 2.83 bits per heavy atom. The molecule has 4 nitrogen and oxygen atoms in total. The van der Waals surface area contributed by atoms with Gasteiger partial charge in [-0.2, -0.15) is 0 Å². The molecule has 1 aliphatic carbocycles. The minimum atomic E-state index is -0.455. The van der Waals surface area contributed by atoms with Crippen molar-refractivity contribution in [3.63, 3.8) is 0 Å². The molecule has 0 aromatic carbocycles. The number of carbonyl (C=O) groups excluding carboxylic acids is 1. The maximum Gasteiger partial charge on any atom is 0.237 e. The molecular formula is C14H27N3O. The smallest absolute Gasteiger partial charge is 0.237 e. The van der Waals surface area contributed by atoms with E-state index in [9.17, 15) is 4.79 Å². The van der Waals surface area contributed by atoms with E-state index in [1.54, 1.807) is 0 Å². The molecular weight excluding hydrogens is 226 g/mol. The molecule has 2 fully saturated rings. The maximum absolute atomic E-state index is 11.6. The van der Waals surface area contributed by atoms with Crippen LogP contribution in [-0.4, -0.2) is 42.5 Å². The quantitative estimate of drug-likeness (QED) is 0.789. The maximum atomic E-state index is 11.6. The van der Waals surface area contributed by atoms with Crippen LogP contribution in [-0.2, 0) is 4.79 Å². The SMILES string of the molecule is CCC1CCCN(C2CCC(NC)(C(N)=O)C2)C1. The second-order valence-corrected chi connectivity index (χ2v) is 6.00. The molecule has 0 aromatic rings. The van der Waals surface area contributed by atoms with Crippen molar-refractivity contribution in [2.75, 3.05) is 20.1 Å². The standard InChI is InChI=1S/C14H27N3O/c1-3-11-5-4-8-17(10-11)12-6-7-14(9-12,16-2)13(15)18/h11-12,16H,3-10H2,1-2H3,(H2,15,18). The van der Waals surface area contributed by atoms with Gasteiger partial charge in [0.05, 0.1) is 5.54 Å². The minimum Gasteiger partial charge on any atom is -0.368 e. The first-order valence-electron chi connectivity index (χ1n) is 7.34. The summed E-state index contributed by atoms with van der Waals surface area (Å²) in [4.78, 5) is 14.2. The van der Waals surface area contributed by atoms with Crippen molar-refractivity contribution in [1.29, 1.82) is 0 Å². The van der Waals surface area contributed by atoms with Crippen LogP contribution in [0, 0.1) is 5.92 Å². The Kier molecular flexibility index (Phi) is 4.28. The van der Waals surface area contributed by atoms with Gasteiger partial charge < -0.3 is 16.0 Å². The highest BCUT2D eigenvalue weighted by Crippen LogP contribution is 2.35. The molecule has 0 aromatic heterocycles. The molecule has 1 saturated heterocycles. The van der Waals surface area contributed by atoms with E-state index in [4.69, 9.17) is 5.73 Å². The summed E-state index contributed by atoms with van der Waals surface area (Å²) in [6, 6.07) is 0.541. The van der Waals surface area contributed by atoms with E-state index < -0.39 is 5.54 Å². The van der Waals surface area contributed by atoms with Gasteiger partial charge in [0, 0.05) is 12.6 Å². The lowest BCUT2D eigenvalue weighted by atomic mass is 9.93. The average Bonchev–Trinajstić information content (AvgIpc) is 2.84. The number of nitrogens with zero attached hydrogens (tertiary/aromatic N) is 1. The third kappa shape index (κ3) is 2.54. The monoisotopic (exact) mass is 253 g/mol. The normalized spacial score (nSPS) is 37.9. The molecule has 18 heavy (non-hydrogen) atoms. The highest BCUT2D eigenvalue weighted by Gasteiger charge is 2.44. The van der Waals surface area contributed by atoms with Gasteiger partial charge in [0.2, 0.25) is 5.91 Å². The van der Waals surface area contributed by atoms with E-state index in [0.717, 1.165) is 25.2 Å². The van der Waals surface area contributed by atoms with Gasteiger partial charge in [0.1, 0.15) is 0 Å². The van der Waals surface area contributed by atoms with Crippen LogP contribution in [0.4, 0.5) is 0 Å². The zero-order valence-electron chi connectivity index (χ0n) is 11.7. The molecule has 0 spiro atoms. The molecule has 0 bridgehead atoms. The van der Waals surface area contributed by atoms with Crippen molar-refractivity contribution in [1.82, 2.24) is 10.2 Å². The fraction of sp³-hybridized carbons (Fsp3) is 0.929. The molecule has 3 atom stereocenters. The number of nitrogens with two attached hydrogens (primary N) is 1. The van der Waals surface area contributed by atoms with Gasteiger partial charge in [0.25, 0.3) is 0 Å². The molecule has 2 rings (SSSR count). The van der Waals surface area contributed by atoms with Gasteiger partial charge in [-0.1, -0.05) is 13.3 Å². The molecule has 3 N–H and O–H groups in total. The van der Waals surface area contributed by atoms with E-state index in [0.29, 0.717) is 6.04 Å². The number of carbonyl (C=O) groups is 1. The number of likely N-dealkylation sites (N-methyl/N-ethyl adjacent to an activating group) is 1. The summed E-state index contributed by atoms with van der Waals surface area (Å²) in [5, 5.41) is 3.17. The number of piperidine rings is 1. The first kappa shape index (κ1) is 13.8. The summed E-state index contributed by atoms with van der Waals surface area (Å²) in [7, 11) is 1.86. The molecule has 1 saturated carbocycles. The van der Waals surface area contributed by atoms with Gasteiger partial charge in [-0.25, -0.2) is 0 Å². The Morgan fingerprint density at radius 2 is 2.28 bits per heavy atom. The summed E-state index contributed by atoms with van der Waals surface area (Å²) >= 11 is 0. The van der Waals surface area contributed by atoms with Crippen LogP contribution < -0.4 is 11.1 Å². The van der Waals surface area contributed by atoms with Crippen molar-refractivity contribution in [2.24, 2.45) is 11.7 Å². The van der Waals surface area contributed by atoms with Gasteiger partial charge in [0.15, 0.2) is 0 Å². The van der Waals surface area contributed by atoms with Crippen molar-refractivity contribution in [3.8, 4) is 0 Å². The van der Waals surface area contributed by atoms with Gasteiger partial charge in [-0.05, 0) is 51.6 Å². The summed E-state index contributed by atoms with van der Waals surface area (Å²) in [6.07, 6.45) is 6.81. The number of nitrogens with one attached hydrogen (secondary N) is 1. The number of hydrogen-bond acceptors (Lipinski definition) is 3. The van der Waals surface area contributed by atoms with Crippen molar-refractivity contribution < 1.29 is 4.79 Å². The molecule has 1 aliphatic heterocycles. The number of amides is 1. The summed E-state index contributed by atoms with van der Waals surface area (Å²) in [5.74, 6) is 0.661. The Labute approximate surface area is 110 Å². The molecule has 4 heteroatoms. The fourth-order valence-corrected chi connectivity index (χ4v) is 3.67. The third-order valence-electron chi connectivity index (χ3n) is 5.08. The third-order valence-corrected chi connectivity index (χ3v) is 5.08. The largest absolute Gasteiger partial charge is 0.368 e. The van der Waals surface area contributed by atoms with E-state index >= 15 is 0 Å². The predicted molar refractivity (Wildman–Crippen MR) is 73.2 cm³/mol. The topological polar surface area (TPSA) is 58.4 Å². The zero-order chi connectivity index (χ0) is 13.2. The average molecular weight is 253 g/mol.